The summed E-state index contributed by atoms with van der Waals surface area (Å²) in [5.74, 6) is -2.21. The molecule has 0 heterocycles. The largest absolute Gasteiger partial charge is 0.206 e. The Bertz CT molecular complexity index is 1060. The Morgan fingerprint density at radius 2 is 1.38 bits per heavy atom. The molecule has 3 heteroatoms. The Morgan fingerprint density at radius 3 is 2.07 bits per heavy atom. The normalized spacial score (nSPS) is 12.0. The van der Waals surface area contributed by atoms with Crippen molar-refractivity contribution >= 4 is 22.4 Å². The van der Waals surface area contributed by atoms with Gasteiger partial charge in [0.1, 0.15) is 5.82 Å². The number of fused-ring (bicyclic) bond motifs is 1. The van der Waals surface area contributed by atoms with Crippen molar-refractivity contribution in [2.75, 3.05) is 0 Å². The molecule has 3 rings (SSSR count). The van der Waals surface area contributed by atoms with Gasteiger partial charge in [0.25, 0.3) is 0 Å². The summed E-state index contributed by atoms with van der Waals surface area (Å²) in [5.41, 5.74) is 1.89. The molecular weight excluding hydrogens is 369 g/mol. The highest BCUT2D eigenvalue weighted by Crippen LogP contribution is 2.32. The number of rotatable bonds is 8. The summed E-state index contributed by atoms with van der Waals surface area (Å²) in [6.07, 6.45) is 6.42. The van der Waals surface area contributed by atoms with Gasteiger partial charge in [0, 0.05) is 16.5 Å². The Labute approximate surface area is 169 Å². The third-order valence-electron chi connectivity index (χ3n) is 4.94. The monoisotopic (exact) mass is 392 g/mol. The van der Waals surface area contributed by atoms with E-state index in [2.05, 4.69) is 13.2 Å². The van der Waals surface area contributed by atoms with E-state index in [1.54, 1.807) is 42.5 Å². The quantitative estimate of drug-likeness (QED) is 0.269. The van der Waals surface area contributed by atoms with Crippen LogP contribution < -0.4 is 0 Å². The van der Waals surface area contributed by atoms with Crippen LogP contribution in [-0.2, 0) is 12.8 Å². The van der Waals surface area contributed by atoms with E-state index in [1.807, 2.05) is 6.08 Å². The van der Waals surface area contributed by atoms with Crippen molar-refractivity contribution in [3.8, 4) is 0 Å². The second-order valence-corrected chi connectivity index (χ2v) is 6.95. The summed E-state index contributed by atoms with van der Waals surface area (Å²) in [6, 6.07) is 14.5. The molecule has 0 atom stereocenters. The summed E-state index contributed by atoms with van der Waals surface area (Å²) in [4.78, 5) is 0. The van der Waals surface area contributed by atoms with Gasteiger partial charge in [-0.3, -0.25) is 0 Å². The second kappa shape index (κ2) is 9.42. The van der Waals surface area contributed by atoms with Gasteiger partial charge in [-0.2, -0.15) is 0 Å². The molecule has 0 unspecified atom stereocenters. The first-order valence-corrected chi connectivity index (χ1v) is 9.63. The number of allylic oxidation sites excluding steroid dienone is 2. The molecule has 148 valence electrons. The van der Waals surface area contributed by atoms with Crippen molar-refractivity contribution in [2.24, 2.45) is 0 Å². The van der Waals surface area contributed by atoms with Crippen LogP contribution in [0.15, 0.2) is 79.9 Å². The van der Waals surface area contributed by atoms with Gasteiger partial charge in [-0.1, -0.05) is 60.7 Å². The highest BCUT2D eigenvalue weighted by Gasteiger charge is 2.14. The first-order chi connectivity index (χ1) is 14.0. The van der Waals surface area contributed by atoms with E-state index in [4.69, 9.17) is 0 Å². The van der Waals surface area contributed by atoms with Crippen molar-refractivity contribution in [3.63, 3.8) is 0 Å². The van der Waals surface area contributed by atoms with Crippen LogP contribution in [0.25, 0.3) is 22.4 Å². The Hall–Kier alpha value is -3.07. The molecule has 0 saturated heterocycles. The predicted molar refractivity (Wildman–Crippen MR) is 116 cm³/mol. The van der Waals surface area contributed by atoms with Gasteiger partial charge in [0.15, 0.2) is 11.7 Å². The highest BCUT2D eigenvalue weighted by molar-refractivity contribution is 5.90. The summed E-state index contributed by atoms with van der Waals surface area (Å²) in [7, 11) is 0. The van der Waals surface area contributed by atoms with E-state index < -0.39 is 11.7 Å². The van der Waals surface area contributed by atoms with Crippen molar-refractivity contribution in [3.05, 3.63) is 108 Å². The molecule has 0 aliphatic rings. The molecule has 29 heavy (non-hydrogen) atoms. The molecule has 0 nitrogen and oxygen atoms in total. The fourth-order valence-electron chi connectivity index (χ4n) is 3.26. The average molecular weight is 392 g/mol. The van der Waals surface area contributed by atoms with Crippen LogP contribution in [0.2, 0.25) is 0 Å². The maximum atomic E-state index is 14.8. The van der Waals surface area contributed by atoms with Crippen LogP contribution in [0.4, 0.5) is 13.2 Å². The molecular formula is C26H23F3. The third kappa shape index (κ3) is 4.68. The van der Waals surface area contributed by atoms with E-state index in [0.717, 1.165) is 18.4 Å². The fourth-order valence-corrected chi connectivity index (χ4v) is 3.26. The lowest BCUT2D eigenvalue weighted by Gasteiger charge is -2.08. The molecule has 3 aromatic rings. The van der Waals surface area contributed by atoms with E-state index in [-0.39, 0.29) is 16.9 Å². The molecule has 0 aromatic heterocycles. The number of aryl methyl sites for hydroxylation is 2. The predicted octanol–water partition coefficient (Wildman–Crippen LogP) is 7.98. The minimum atomic E-state index is -0.957. The first-order valence-electron chi connectivity index (χ1n) is 9.63. The van der Waals surface area contributed by atoms with Crippen molar-refractivity contribution in [2.45, 2.75) is 25.7 Å². The Morgan fingerprint density at radius 1 is 0.759 bits per heavy atom. The van der Waals surface area contributed by atoms with Gasteiger partial charge in [0.2, 0.25) is 0 Å². The van der Waals surface area contributed by atoms with E-state index in [0.29, 0.717) is 29.2 Å². The molecule has 0 saturated carbocycles. The molecule has 0 amide bonds. The second-order valence-electron chi connectivity index (χ2n) is 6.95. The minimum Gasteiger partial charge on any atom is -0.206 e. The van der Waals surface area contributed by atoms with Gasteiger partial charge in [0.05, 0.1) is 0 Å². The Kier molecular flexibility index (Phi) is 6.71. The number of hydrogen-bond acceptors (Lipinski definition) is 0. The molecule has 0 fully saturated rings. The molecule has 0 aliphatic carbocycles. The fraction of sp³-hybridized carbons (Fsp3) is 0.154. The molecule has 0 aliphatic heterocycles. The zero-order valence-corrected chi connectivity index (χ0v) is 16.2. The zero-order chi connectivity index (χ0) is 20.8. The third-order valence-corrected chi connectivity index (χ3v) is 4.94. The number of hydrogen-bond donors (Lipinski definition) is 0. The van der Waals surface area contributed by atoms with E-state index in [1.165, 1.54) is 18.2 Å². The van der Waals surface area contributed by atoms with Crippen molar-refractivity contribution in [1.82, 2.24) is 0 Å². The first kappa shape index (κ1) is 20.7. The molecule has 3 aromatic carbocycles. The van der Waals surface area contributed by atoms with Gasteiger partial charge in [-0.05, 0) is 48.3 Å². The van der Waals surface area contributed by atoms with Crippen LogP contribution >= 0.6 is 0 Å². The summed E-state index contributed by atoms with van der Waals surface area (Å²) in [6.45, 7) is 7.33. The van der Waals surface area contributed by atoms with Crippen LogP contribution in [0, 0.1) is 5.82 Å². The molecule has 0 bridgehead atoms. The topological polar surface area (TPSA) is 0 Å². The summed E-state index contributed by atoms with van der Waals surface area (Å²) < 4.78 is 44.1. The Balaban J connectivity index is 1.91. The maximum Gasteiger partial charge on any atom is 0.166 e. The minimum absolute atomic E-state index is 0.0870. The van der Waals surface area contributed by atoms with Gasteiger partial charge < -0.3 is 0 Å². The number of halogens is 3. The SMILES string of the molecule is C=CCCc1ccc(C(F)=C(F)c2ccc3c(F)c(CCC=C)ccc3c2)cc1. The van der Waals surface area contributed by atoms with E-state index in [9.17, 15) is 13.2 Å². The maximum absolute atomic E-state index is 14.8. The van der Waals surface area contributed by atoms with Gasteiger partial charge >= 0.3 is 0 Å². The molecule has 0 spiro atoms. The molecule has 0 N–H and O–H groups in total. The van der Waals surface area contributed by atoms with Crippen LogP contribution in [0.3, 0.4) is 0 Å². The standard InChI is InChI=1S/C26H23F3/c1-3-5-7-18-9-11-20(12-10-18)25(28)26(29)22-15-16-23-21(17-22)14-13-19(24(23)27)8-6-4-2/h3-4,9-17H,1-2,5-8H2. The smallest absolute Gasteiger partial charge is 0.166 e. The lowest BCUT2D eigenvalue weighted by Crippen LogP contribution is -1.92. The van der Waals surface area contributed by atoms with Crippen LogP contribution in [-0.4, -0.2) is 0 Å². The lowest BCUT2D eigenvalue weighted by molar-refractivity contribution is 0.621. The van der Waals surface area contributed by atoms with Crippen molar-refractivity contribution < 1.29 is 13.2 Å². The average Bonchev–Trinajstić information content (AvgIpc) is 2.76. The zero-order valence-electron chi connectivity index (χ0n) is 16.2. The lowest BCUT2D eigenvalue weighted by atomic mass is 9.99. The highest BCUT2D eigenvalue weighted by atomic mass is 19.2. The molecule has 0 radical (unpaired) electrons. The van der Waals surface area contributed by atoms with Crippen LogP contribution in [0.1, 0.15) is 35.1 Å². The number of benzene rings is 3. The van der Waals surface area contributed by atoms with Crippen molar-refractivity contribution in [1.29, 1.82) is 0 Å². The van der Waals surface area contributed by atoms with Gasteiger partial charge in [-0.25, -0.2) is 13.2 Å². The van der Waals surface area contributed by atoms with Gasteiger partial charge in [-0.15, -0.1) is 13.2 Å². The van der Waals surface area contributed by atoms with E-state index >= 15 is 0 Å². The van der Waals surface area contributed by atoms with Crippen LogP contribution in [0.5, 0.6) is 0 Å². The summed E-state index contributed by atoms with van der Waals surface area (Å²) in [5, 5.41) is 0.931. The summed E-state index contributed by atoms with van der Waals surface area (Å²) >= 11 is 0.